The summed E-state index contributed by atoms with van der Waals surface area (Å²) in [6, 6.07) is 5.77. The summed E-state index contributed by atoms with van der Waals surface area (Å²) in [5.74, 6) is 1.18. The number of ether oxygens (including phenoxy) is 1. The van der Waals surface area contributed by atoms with Crippen molar-refractivity contribution in [2.75, 3.05) is 0 Å². The molecule has 1 heterocycles. The Labute approximate surface area is 90.3 Å². The van der Waals surface area contributed by atoms with E-state index in [2.05, 4.69) is 0 Å². The first kappa shape index (κ1) is 10.2. The lowest BCUT2D eigenvalue weighted by atomic mass is 10.0. The highest BCUT2D eigenvalue weighted by Crippen LogP contribution is 2.29. The van der Waals surface area contributed by atoms with Crippen molar-refractivity contribution in [3.8, 4) is 5.75 Å². The molecule has 0 amide bonds. The van der Waals surface area contributed by atoms with Crippen LogP contribution < -0.4 is 4.74 Å². The van der Waals surface area contributed by atoms with Crippen molar-refractivity contribution in [1.29, 1.82) is 0 Å². The van der Waals surface area contributed by atoms with Gasteiger partial charge in [-0.15, -0.1) is 0 Å². The van der Waals surface area contributed by atoms with Gasteiger partial charge in [0.2, 0.25) is 0 Å². The topological polar surface area (TPSA) is 26.3 Å². The second kappa shape index (κ2) is 4.05. The van der Waals surface area contributed by atoms with Crippen LogP contribution in [-0.4, -0.2) is 11.9 Å². The third-order valence-corrected chi connectivity index (χ3v) is 2.70. The van der Waals surface area contributed by atoms with E-state index in [1.807, 2.05) is 32.0 Å². The summed E-state index contributed by atoms with van der Waals surface area (Å²) in [6.07, 6.45) is 2.71. The molecule has 1 aliphatic heterocycles. The number of rotatable bonds is 3. The summed E-state index contributed by atoms with van der Waals surface area (Å²) in [7, 11) is 0. The Hall–Kier alpha value is -1.31. The SMILES string of the molecule is CCCC(=O)c1ccc2c(c1)CC(C)O2. The van der Waals surface area contributed by atoms with E-state index in [9.17, 15) is 4.79 Å². The van der Waals surface area contributed by atoms with Crippen LogP contribution in [0.4, 0.5) is 0 Å². The van der Waals surface area contributed by atoms with Gasteiger partial charge in [-0.3, -0.25) is 4.79 Å². The summed E-state index contributed by atoms with van der Waals surface area (Å²) in [5, 5.41) is 0. The number of ketones is 1. The third-order valence-electron chi connectivity index (χ3n) is 2.70. The fraction of sp³-hybridized carbons (Fsp3) is 0.462. The van der Waals surface area contributed by atoms with Gasteiger partial charge < -0.3 is 4.74 Å². The minimum absolute atomic E-state index is 0.236. The molecule has 1 atom stereocenters. The molecule has 1 unspecified atom stereocenters. The fourth-order valence-corrected chi connectivity index (χ4v) is 1.97. The summed E-state index contributed by atoms with van der Waals surface area (Å²) in [5.41, 5.74) is 2.00. The Morgan fingerprint density at radius 3 is 3.07 bits per heavy atom. The first-order valence-electron chi connectivity index (χ1n) is 5.53. The zero-order chi connectivity index (χ0) is 10.8. The zero-order valence-corrected chi connectivity index (χ0v) is 9.25. The van der Waals surface area contributed by atoms with E-state index in [1.165, 1.54) is 5.56 Å². The maximum atomic E-state index is 11.7. The smallest absolute Gasteiger partial charge is 0.162 e. The number of hydrogen-bond acceptors (Lipinski definition) is 2. The molecule has 0 radical (unpaired) electrons. The zero-order valence-electron chi connectivity index (χ0n) is 9.25. The van der Waals surface area contributed by atoms with Crippen LogP contribution in [0.1, 0.15) is 42.6 Å². The van der Waals surface area contributed by atoms with Crippen LogP contribution in [-0.2, 0) is 6.42 Å². The van der Waals surface area contributed by atoms with Gasteiger partial charge in [-0.1, -0.05) is 6.92 Å². The van der Waals surface area contributed by atoms with Crippen LogP contribution >= 0.6 is 0 Å². The van der Waals surface area contributed by atoms with Crippen molar-refractivity contribution in [1.82, 2.24) is 0 Å². The van der Waals surface area contributed by atoms with Gasteiger partial charge in [0.05, 0.1) is 0 Å². The Bertz CT molecular complexity index is 382. The lowest BCUT2D eigenvalue weighted by molar-refractivity contribution is 0.0981. The van der Waals surface area contributed by atoms with Crippen LogP contribution in [0.15, 0.2) is 18.2 Å². The normalized spacial score (nSPS) is 18.4. The van der Waals surface area contributed by atoms with E-state index in [4.69, 9.17) is 4.74 Å². The highest BCUT2D eigenvalue weighted by atomic mass is 16.5. The van der Waals surface area contributed by atoms with Crippen molar-refractivity contribution in [3.63, 3.8) is 0 Å². The number of Topliss-reactive ketones (excluding diaryl/α,β-unsaturated/α-hetero) is 1. The lowest BCUT2D eigenvalue weighted by Crippen LogP contribution is -2.05. The number of hydrogen-bond donors (Lipinski definition) is 0. The van der Waals surface area contributed by atoms with Gasteiger partial charge in [-0.25, -0.2) is 0 Å². The summed E-state index contributed by atoms with van der Waals surface area (Å²) < 4.78 is 5.59. The molecule has 0 fully saturated rings. The van der Waals surface area contributed by atoms with Crippen molar-refractivity contribution in [2.45, 2.75) is 39.2 Å². The molecule has 0 N–H and O–H groups in total. The van der Waals surface area contributed by atoms with E-state index in [0.29, 0.717) is 6.42 Å². The molecule has 0 aromatic heterocycles. The molecule has 80 valence electrons. The quantitative estimate of drug-likeness (QED) is 0.707. The summed E-state index contributed by atoms with van der Waals surface area (Å²) in [4.78, 5) is 11.7. The van der Waals surface area contributed by atoms with E-state index in [-0.39, 0.29) is 11.9 Å². The van der Waals surface area contributed by atoms with Gasteiger partial charge in [0.15, 0.2) is 5.78 Å². The highest BCUT2D eigenvalue weighted by Gasteiger charge is 2.19. The maximum Gasteiger partial charge on any atom is 0.162 e. The van der Waals surface area contributed by atoms with Crippen LogP contribution in [0.3, 0.4) is 0 Å². The summed E-state index contributed by atoms with van der Waals surface area (Å²) in [6.45, 7) is 4.07. The third kappa shape index (κ3) is 2.04. The molecule has 1 aromatic rings. The van der Waals surface area contributed by atoms with Crippen molar-refractivity contribution in [3.05, 3.63) is 29.3 Å². The standard InChI is InChI=1S/C13H16O2/c1-3-4-12(14)10-5-6-13-11(8-10)7-9(2)15-13/h5-6,8-9H,3-4,7H2,1-2H3. The molecule has 15 heavy (non-hydrogen) atoms. The number of carbonyl (C=O) groups is 1. The molecular formula is C13H16O2. The van der Waals surface area contributed by atoms with E-state index in [1.54, 1.807) is 0 Å². The molecule has 2 rings (SSSR count). The highest BCUT2D eigenvalue weighted by molar-refractivity contribution is 5.96. The van der Waals surface area contributed by atoms with Gasteiger partial charge in [0.25, 0.3) is 0 Å². The van der Waals surface area contributed by atoms with Crippen molar-refractivity contribution < 1.29 is 9.53 Å². The fourth-order valence-electron chi connectivity index (χ4n) is 1.97. The lowest BCUT2D eigenvalue weighted by Gasteiger charge is -2.03. The van der Waals surface area contributed by atoms with Crippen LogP contribution in [0, 0.1) is 0 Å². The molecule has 0 bridgehead atoms. The van der Waals surface area contributed by atoms with E-state index < -0.39 is 0 Å². The molecule has 0 saturated carbocycles. The van der Waals surface area contributed by atoms with E-state index in [0.717, 1.165) is 24.2 Å². The van der Waals surface area contributed by atoms with Gasteiger partial charge >= 0.3 is 0 Å². The second-order valence-corrected chi connectivity index (χ2v) is 4.13. The first-order chi connectivity index (χ1) is 7.20. The Morgan fingerprint density at radius 2 is 2.33 bits per heavy atom. The van der Waals surface area contributed by atoms with Crippen molar-refractivity contribution >= 4 is 5.78 Å². The average molecular weight is 204 g/mol. The van der Waals surface area contributed by atoms with Gasteiger partial charge in [-0.05, 0) is 37.1 Å². The Balaban J connectivity index is 2.23. The van der Waals surface area contributed by atoms with Crippen molar-refractivity contribution in [2.24, 2.45) is 0 Å². The van der Waals surface area contributed by atoms with Gasteiger partial charge in [0.1, 0.15) is 11.9 Å². The van der Waals surface area contributed by atoms with E-state index >= 15 is 0 Å². The second-order valence-electron chi connectivity index (χ2n) is 4.13. The summed E-state index contributed by atoms with van der Waals surface area (Å²) >= 11 is 0. The molecule has 2 nitrogen and oxygen atoms in total. The largest absolute Gasteiger partial charge is 0.490 e. The molecule has 2 heteroatoms. The predicted octanol–water partition coefficient (Wildman–Crippen LogP) is 2.99. The minimum Gasteiger partial charge on any atom is -0.490 e. The molecule has 0 spiro atoms. The molecular weight excluding hydrogens is 188 g/mol. The Kier molecular flexibility index (Phi) is 2.76. The first-order valence-corrected chi connectivity index (χ1v) is 5.53. The predicted molar refractivity (Wildman–Crippen MR) is 59.5 cm³/mol. The number of fused-ring (bicyclic) bond motifs is 1. The molecule has 1 aliphatic rings. The molecule has 1 aromatic carbocycles. The van der Waals surface area contributed by atoms with Crippen LogP contribution in [0.25, 0.3) is 0 Å². The maximum absolute atomic E-state index is 11.7. The van der Waals surface area contributed by atoms with Gasteiger partial charge in [0, 0.05) is 18.4 Å². The monoisotopic (exact) mass is 204 g/mol. The number of carbonyl (C=O) groups excluding carboxylic acids is 1. The molecule has 0 saturated heterocycles. The number of benzene rings is 1. The Morgan fingerprint density at radius 1 is 1.53 bits per heavy atom. The van der Waals surface area contributed by atoms with Crippen LogP contribution in [0.5, 0.6) is 5.75 Å². The minimum atomic E-state index is 0.236. The van der Waals surface area contributed by atoms with Crippen LogP contribution in [0.2, 0.25) is 0 Å². The molecule has 0 aliphatic carbocycles. The van der Waals surface area contributed by atoms with Gasteiger partial charge in [-0.2, -0.15) is 0 Å². The average Bonchev–Trinajstić information content (AvgIpc) is 2.57.